The molecule has 41 heavy (non-hydrogen) atoms. The summed E-state index contributed by atoms with van der Waals surface area (Å²) in [6, 6.07) is 18.0. The van der Waals surface area contributed by atoms with Gasteiger partial charge in [-0.1, -0.05) is 59.2 Å². The average molecular weight is 595 g/mol. The van der Waals surface area contributed by atoms with Gasteiger partial charge >= 0.3 is 0 Å². The third kappa shape index (κ3) is 5.97. The first-order valence-electron chi connectivity index (χ1n) is 14.0. The highest BCUT2D eigenvalue weighted by Crippen LogP contribution is 2.56. The number of likely N-dealkylation sites (N-methyl/N-ethyl adjacent to an activating group) is 1. The maximum atomic E-state index is 13.3. The molecule has 9 nitrogen and oxygen atoms in total. The van der Waals surface area contributed by atoms with Crippen molar-refractivity contribution in [1.82, 2.24) is 28.9 Å². The van der Waals surface area contributed by atoms with Crippen LogP contribution in [0.3, 0.4) is 0 Å². The maximum absolute atomic E-state index is 13.3. The zero-order valence-electron chi connectivity index (χ0n) is 23.4. The largest absolute Gasteiger partial charge is 0.339 e. The fourth-order valence-electron chi connectivity index (χ4n) is 6.18. The van der Waals surface area contributed by atoms with E-state index in [9.17, 15) is 8.42 Å². The summed E-state index contributed by atoms with van der Waals surface area (Å²) in [6.07, 6.45) is 6.54. The van der Waals surface area contributed by atoms with Crippen LogP contribution in [0.4, 0.5) is 0 Å². The predicted octanol–water partition coefficient (Wildman–Crippen LogP) is 4.51. The normalized spacial score (nSPS) is 21.9. The lowest BCUT2D eigenvalue weighted by atomic mass is 9.92. The van der Waals surface area contributed by atoms with Gasteiger partial charge in [0.2, 0.25) is 5.89 Å². The van der Waals surface area contributed by atoms with Gasteiger partial charge in [-0.25, -0.2) is 13.4 Å². The molecule has 0 amide bonds. The highest BCUT2D eigenvalue weighted by molar-refractivity contribution is 7.89. The van der Waals surface area contributed by atoms with E-state index in [2.05, 4.69) is 33.2 Å². The summed E-state index contributed by atoms with van der Waals surface area (Å²) < 4.78 is 35.4. The molecule has 11 heteroatoms. The Morgan fingerprint density at radius 1 is 1.12 bits per heavy atom. The van der Waals surface area contributed by atoms with Gasteiger partial charge in [-0.3, -0.25) is 0 Å². The van der Waals surface area contributed by atoms with Gasteiger partial charge in [0, 0.05) is 56.2 Å². The molecule has 1 aliphatic carbocycles. The van der Waals surface area contributed by atoms with E-state index >= 15 is 0 Å². The third-order valence-corrected chi connectivity index (χ3v) is 10.5. The summed E-state index contributed by atoms with van der Waals surface area (Å²) in [6.45, 7) is 3.15. The van der Waals surface area contributed by atoms with Crippen LogP contribution in [-0.2, 0) is 28.9 Å². The molecule has 0 radical (unpaired) electrons. The number of likely N-dealkylation sites (tertiary alicyclic amines) is 1. The number of piperidine rings is 1. The summed E-state index contributed by atoms with van der Waals surface area (Å²) in [5.74, 6) is 2.04. The van der Waals surface area contributed by atoms with Crippen molar-refractivity contribution in [2.24, 2.45) is 13.0 Å². The van der Waals surface area contributed by atoms with Crippen LogP contribution in [0.5, 0.6) is 0 Å². The Bertz CT molecular complexity index is 1600. The Hall–Kier alpha value is -3.05. The van der Waals surface area contributed by atoms with Crippen molar-refractivity contribution < 1.29 is 12.9 Å². The molecular weight excluding hydrogens is 560 g/mol. The van der Waals surface area contributed by atoms with Crippen LogP contribution in [0, 0.1) is 5.92 Å². The van der Waals surface area contributed by atoms with Crippen LogP contribution in [0.15, 0.2) is 76.7 Å². The quantitative estimate of drug-likeness (QED) is 0.266. The number of halogens is 1. The zero-order valence-corrected chi connectivity index (χ0v) is 24.9. The van der Waals surface area contributed by atoms with E-state index < -0.39 is 10.0 Å². The molecule has 0 unspecified atom stereocenters. The SMILES string of the molecule is CN(C[C@@]1(c2cccc(Cl)c2)C[C@H]1CN1CCC(c2nc(Cc3ccccc3)no2)CC1)S(=O)(=O)c1cn(C)cn1. The molecule has 2 aliphatic rings. The van der Waals surface area contributed by atoms with E-state index in [1.54, 1.807) is 24.9 Å². The molecule has 216 valence electrons. The minimum absolute atomic E-state index is 0.0657. The Morgan fingerprint density at radius 2 is 1.90 bits per heavy atom. The van der Waals surface area contributed by atoms with Crippen molar-refractivity contribution >= 4 is 21.6 Å². The highest BCUT2D eigenvalue weighted by atomic mass is 35.5. The molecule has 2 aromatic heterocycles. The molecular formula is C30H35ClN6O3S. The van der Waals surface area contributed by atoms with Gasteiger partial charge in [-0.2, -0.15) is 9.29 Å². The molecule has 4 aromatic rings. The van der Waals surface area contributed by atoms with Gasteiger partial charge in [0.05, 0.1) is 6.33 Å². The molecule has 1 aliphatic heterocycles. The number of rotatable bonds is 10. The number of aryl methyl sites for hydroxylation is 1. The summed E-state index contributed by atoms with van der Waals surface area (Å²) in [5.41, 5.74) is 1.96. The fourth-order valence-corrected chi connectivity index (χ4v) is 7.57. The maximum Gasteiger partial charge on any atom is 0.261 e. The van der Waals surface area contributed by atoms with Gasteiger partial charge in [0.1, 0.15) is 0 Å². The number of nitrogens with zero attached hydrogens (tertiary/aromatic N) is 6. The average Bonchev–Trinajstić information content (AvgIpc) is 3.26. The molecule has 6 rings (SSSR count). The molecule has 2 aromatic carbocycles. The van der Waals surface area contributed by atoms with E-state index in [1.807, 2.05) is 36.4 Å². The van der Waals surface area contributed by atoms with E-state index in [4.69, 9.17) is 21.1 Å². The first kappa shape index (κ1) is 28.1. The fraction of sp³-hybridized carbons (Fsp3) is 0.433. The molecule has 2 atom stereocenters. The minimum Gasteiger partial charge on any atom is -0.339 e. The number of sulfonamides is 1. The van der Waals surface area contributed by atoms with Crippen molar-refractivity contribution in [3.63, 3.8) is 0 Å². The van der Waals surface area contributed by atoms with Gasteiger partial charge < -0.3 is 14.0 Å². The molecule has 0 spiro atoms. The van der Waals surface area contributed by atoms with Crippen molar-refractivity contribution in [1.29, 1.82) is 0 Å². The van der Waals surface area contributed by atoms with Crippen molar-refractivity contribution in [2.45, 2.75) is 42.0 Å². The first-order chi connectivity index (χ1) is 19.7. The Balaban J connectivity index is 1.10. The Kier molecular flexibility index (Phi) is 7.76. The van der Waals surface area contributed by atoms with Crippen molar-refractivity contribution in [3.8, 4) is 0 Å². The zero-order chi connectivity index (χ0) is 28.6. The second kappa shape index (κ2) is 11.3. The number of aromatic nitrogens is 4. The van der Waals surface area contributed by atoms with Crippen LogP contribution in [0.2, 0.25) is 5.02 Å². The lowest BCUT2D eigenvalue weighted by Gasteiger charge is -2.32. The van der Waals surface area contributed by atoms with E-state index in [0.29, 0.717) is 23.9 Å². The molecule has 1 saturated carbocycles. The predicted molar refractivity (Wildman–Crippen MR) is 156 cm³/mol. The second-order valence-corrected chi connectivity index (χ2v) is 13.9. The molecule has 0 N–H and O–H groups in total. The van der Waals surface area contributed by atoms with Crippen molar-refractivity contribution in [2.75, 3.05) is 33.2 Å². The van der Waals surface area contributed by atoms with Crippen LogP contribution < -0.4 is 0 Å². The summed E-state index contributed by atoms with van der Waals surface area (Å²) >= 11 is 6.39. The molecule has 3 heterocycles. The topological polar surface area (TPSA) is 97.4 Å². The van der Waals surface area contributed by atoms with E-state index in [-0.39, 0.29) is 16.4 Å². The van der Waals surface area contributed by atoms with Gasteiger partial charge in [-0.15, -0.1) is 0 Å². The molecule has 2 fully saturated rings. The molecule has 0 bridgehead atoms. The van der Waals surface area contributed by atoms with E-state index in [0.717, 1.165) is 56.2 Å². The van der Waals surface area contributed by atoms with Crippen LogP contribution in [-0.4, -0.2) is 70.5 Å². The third-order valence-electron chi connectivity index (χ3n) is 8.60. The van der Waals surface area contributed by atoms with E-state index in [1.165, 1.54) is 16.2 Å². The number of imidazole rings is 1. The lowest BCUT2D eigenvalue weighted by Crippen LogP contribution is -2.39. The summed E-state index contributed by atoms with van der Waals surface area (Å²) in [4.78, 5) is 11.3. The van der Waals surface area contributed by atoms with Crippen LogP contribution >= 0.6 is 11.6 Å². The monoisotopic (exact) mass is 594 g/mol. The number of benzene rings is 2. The Labute approximate surface area is 246 Å². The molecule has 1 saturated heterocycles. The second-order valence-electron chi connectivity index (χ2n) is 11.5. The lowest BCUT2D eigenvalue weighted by molar-refractivity contribution is 0.182. The van der Waals surface area contributed by atoms with Gasteiger partial charge in [-0.05, 0) is 61.5 Å². The standard InChI is InChI=1S/C30H35ClN6O3S/c1-35-19-28(32-21-35)41(38,39)36(2)20-30(24-9-6-10-26(31)16-24)17-25(30)18-37-13-11-23(12-14-37)29-33-27(34-40-29)15-22-7-4-3-5-8-22/h3-10,16,19,21,23,25H,11-15,17-18,20H2,1-2H3/t25-,30+/m0/s1. The van der Waals surface area contributed by atoms with Crippen LogP contribution in [0.1, 0.15) is 48.0 Å². The van der Waals surface area contributed by atoms with Gasteiger partial charge in [0.25, 0.3) is 10.0 Å². The summed E-state index contributed by atoms with van der Waals surface area (Å²) in [5, 5.41) is 4.95. The first-order valence-corrected chi connectivity index (χ1v) is 15.8. The van der Waals surface area contributed by atoms with Crippen molar-refractivity contribution in [3.05, 3.63) is 95.0 Å². The van der Waals surface area contributed by atoms with Crippen LogP contribution in [0.25, 0.3) is 0 Å². The van der Waals surface area contributed by atoms with Gasteiger partial charge in [0.15, 0.2) is 10.9 Å². The minimum atomic E-state index is -3.71. The number of hydrogen-bond acceptors (Lipinski definition) is 7. The smallest absolute Gasteiger partial charge is 0.261 e. The highest BCUT2D eigenvalue weighted by Gasteiger charge is 2.57. The number of hydrogen-bond donors (Lipinski definition) is 0. The summed E-state index contributed by atoms with van der Waals surface area (Å²) in [7, 11) is -0.298. The Morgan fingerprint density at radius 3 is 2.61 bits per heavy atom.